The zero-order chi connectivity index (χ0) is 22.6. The largest absolute Gasteiger partial charge is 0.497 e. The monoisotopic (exact) mass is 472 g/mol. The molecule has 0 atom stereocenters. The van der Waals surface area contributed by atoms with Gasteiger partial charge in [0.1, 0.15) is 11.5 Å². The van der Waals surface area contributed by atoms with Crippen LogP contribution >= 0.6 is 23.8 Å². The third-order valence-corrected chi connectivity index (χ3v) is 6.05. The van der Waals surface area contributed by atoms with Gasteiger partial charge in [-0.3, -0.25) is 0 Å². The van der Waals surface area contributed by atoms with E-state index in [2.05, 4.69) is 5.32 Å². The van der Waals surface area contributed by atoms with Crippen LogP contribution in [0, 0.1) is 0 Å². The van der Waals surface area contributed by atoms with Crippen LogP contribution in [0.25, 0.3) is 0 Å². The molecule has 0 radical (unpaired) electrons. The Labute approximate surface area is 190 Å². The first kappa shape index (κ1) is 23.5. The summed E-state index contributed by atoms with van der Waals surface area (Å²) in [5.41, 5.74) is 0.254. The lowest BCUT2D eigenvalue weighted by molar-refractivity contribution is -0.137. The van der Waals surface area contributed by atoms with Crippen molar-refractivity contribution in [2.24, 2.45) is 0 Å². The van der Waals surface area contributed by atoms with Crippen LogP contribution in [0.5, 0.6) is 11.5 Å². The molecule has 0 unspecified atom stereocenters. The van der Waals surface area contributed by atoms with Gasteiger partial charge < -0.3 is 19.7 Å². The lowest BCUT2D eigenvalue weighted by atomic mass is 10.1. The van der Waals surface area contributed by atoms with E-state index in [1.54, 1.807) is 20.3 Å². The molecule has 9 heteroatoms. The second-order valence-electron chi connectivity index (χ2n) is 7.37. The summed E-state index contributed by atoms with van der Waals surface area (Å²) in [5.74, 6) is 1.34. The summed E-state index contributed by atoms with van der Waals surface area (Å²) in [4.78, 5) is 2.02. The van der Waals surface area contributed by atoms with E-state index < -0.39 is 11.7 Å². The molecule has 2 aromatic rings. The van der Waals surface area contributed by atoms with Gasteiger partial charge in [-0.25, -0.2) is 0 Å². The van der Waals surface area contributed by atoms with Crippen LogP contribution < -0.4 is 14.8 Å². The van der Waals surface area contributed by atoms with E-state index in [0.717, 1.165) is 37.3 Å². The number of benzene rings is 2. The third-order valence-electron chi connectivity index (χ3n) is 5.38. The molecule has 1 aliphatic carbocycles. The fourth-order valence-electron chi connectivity index (χ4n) is 3.76. The summed E-state index contributed by atoms with van der Waals surface area (Å²) < 4.78 is 50.4. The molecule has 2 aromatic carbocycles. The van der Waals surface area contributed by atoms with Crippen molar-refractivity contribution in [1.82, 2.24) is 4.90 Å². The molecule has 4 nitrogen and oxygen atoms in total. The number of thiocarbonyl (C=S) groups is 1. The van der Waals surface area contributed by atoms with E-state index in [1.165, 1.54) is 12.1 Å². The lowest BCUT2D eigenvalue weighted by Gasteiger charge is -2.32. The zero-order valence-corrected chi connectivity index (χ0v) is 18.8. The Morgan fingerprint density at radius 1 is 1.13 bits per heavy atom. The summed E-state index contributed by atoms with van der Waals surface area (Å²) in [6.07, 6.45) is -0.438. The average Bonchev–Trinajstić information content (AvgIpc) is 3.26. The maximum absolute atomic E-state index is 13.2. The third kappa shape index (κ3) is 5.74. The first-order valence-corrected chi connectivity index (χ1v) is 10.7. The van der Waals surface area contributed by atoms with Crippen molar-refractivity contribution in [3.05, 3.63) is 52.5 Å². The van der Waals surface area contributed by atoms with Crippen molar-refractivity contribution in [2.45, 2.75) is 44.4 Å². The Morgan fingerprint density at radius 2 is 1.84 bits per heavy atom. The van der Waals surface area contributed by atoms with E-state index >= 15 is 0 Å². The molecule has 0 bridgehead atoms. The van der Waals surface area contributed by atoms with E-state index in [-0.39, 0.29) is 16.8 Å². The summed E-state index contributed by atoms with van der Waals surface area (Å²) in [5, 5.41) is 2.99. The highest BCUT2D eigenvalue weighted by atomic mass is 35.5. The predicted molar refractivity (Wildman–Crippen MR) is 120 cm³/mol. The van der Waals surface area contributed by atoms with Gasteiger partial charge in [0.05, 0.1) is 24.8 Å². The molecule has 0 saturated heterocycles. The van der Waals surface area contributed by atoms with E-state index in [0.29, 0.717) is 23.2 Å². The van der Waals surface area contributed by atoms with Gasteiger partial charge in [0.25, 0.3) is 0 Å². The normalized spacial score (nSPS) is 14.4. The highest BCUT2D eigenvalue weighted by Gasteiger charge is 2.33. The molecule has 0 heterocycles. The summed E-state index contributed by atoms with van der Waals surface area (Å²) >= 11 is 11.4. The number of methoxy groups -OCH3 is 2. The molecule has 168 valence electrons. The number of nitrogens with one attached hydrogen (secondary N) is 1. The standard InChI is InChI=1S/C22H24ClF3N2O2S/c1-29-17-9-7-14(20(12-17)30-2)13-28(16-5-3-4-6-16)21(31)27-15-8-10-19(23)18(11-15)22(24,25)26/h7-12,16H,3-6,13H2,1-2H3,(H,27,31). The molecule has 1 N–H and O–H groups in total. The van der Waals surface area contributed by atoms with Crippen molar-refractivity contribution in [3.63, 3.8) is 0 Å². The maximum Gasteiger partial charge on any atom is 0.417 e. The van der Waals surface area contributed by atoms with Crippen molar-refractivity contribution >= 4 is 34.6 Å². The van der Waals surface area contributed by atoms with Crippen LogP contribution in [0.2, 0.25) is 5.02 Å². The van der Waals surface area contributed by atoms with Crippen molar-refractivity contribution < 1.29 is 22.6 Å². The quantitative estimate of drug-likeness (QED) is 0.484. The molecule has 1 fully saturated rings. The SMILES string of the molecule is COc1ccc(CN(C(=S)Nc2ccc(Cl)c(C(F)(F)F)c2)C2CCCC2)c(OC)c1. The molecule has 0 aromatic heterocycles. The number of ether oxygens (including phenoxy) is 2. The Bertz CT molecular complexity index is 933. The van der Waals surface area contributed by atoms with Gasteiger partial charge in [0, 0.05) is 29.9 Å². The number of hydrogen-bond donors (Lipinski definition) is 1. The minimum Gasteiger partial charge on any atom is -0.497 e. The fraction of sp³-hybridized carbons (Fsp3) is 0.409. The fourth-order valence-corrected chi connectivity index (χ4v) is 4.32. The second kappa shape index (κ2) is 9.96. The molecular formula is C22H24ClF3N2O2S. The molecule has 31 heavy (non-hydrogen) atoms. The second-order valence-corrected chi connectivity index (χ2v) is 8.16. The molecule has 0 spiro atoms. The van der Waals surface area contributed by atoms with Gasteiger partial charge in [-0.05, 0) is 55.4 Å². The maximum atomic E-state index is 13.2. The number of nitrogens with zero attached hydrogens (tertiary/aromatic N) is 1. The highest BCUT2D eigenvalue weighted by molar-refractivity contribution is 7.80. The number of anilines is 1. The van der Waals surface area contributed by atoms with Crippen LogP contribution in [-0.4, -0.2) is 30.3 Å². The van der Waals surface area contributed by atoms with Crippen LogP contribution in [0.1, 0.15) is 36.8 Å². The number of rotatable bonds is 6. The van der Waals surface area contributed by atoms with E-state index in [4.69, 9.17) is 33.3 Å². The van der Waals surface area contributed by atoms with Crippen molar-refractivity contribution in [2.75, 3.05) is 19.5 Å². The van der Waals surface area contributed by atoms with Gasteiger partial charge in [-0.15, -0.1) is 0 Å². The number of alkyl halides is 3. The molecular weight excluding hydrogens is 449 g/mol. The number of hydrogen-bond acceptors (Lipinski definition) is 3. The lowest BCUT2D eigenvalue weighted by Crippen LogP contribution is -2.41. The van der Waals surface area contributed by atoms with Crippen LogP contribution in [0.4, 0.5) is 18.9 Å². The minimum absolute atomic E-state index is 0.196. The molecule has 1 aliphatic rings. The van der Waals surface area contributed by atoms with Crippen LogP contribution in [0.3, 0.4) is 0 Å². The Kier molecular flexibility index (Phi) is 7.54. The molecule has 0 aliphatic heterocycles. The smallest absolute Gasteiger partial charge is 0.417 e. The van der Waals surface area contributed by atoms with Crippen LogP contribution in [0.15, 0.2) is 36.4 Å². The number of halogens is 4. The Balaban J connectivity index is 1.85. The molecule has 1 saturated carbocycles. The topological polar surface area (TPSA) is 33.7 Å². The molecule has 0 amide bonds. The summed E-state index contributed by atoms with van der Waals surface area (Å²) in [6.45, 7) is 0.462. The average molecular weight is 473 g/mol. The van der Waals surface area contributed by atoms with E-state index in [9.17, 15) is 13.2 Å². The van der Waals surface area contributed by atoms with E-state index in [1.807, 2.05) is 17.0 Å². The van der Waals surface area contributed by atoms with Gasteiger partial charge in [-0.2, -0.15) is 13.2 Å². The van der Waals surface area contributed by atoms with Gasteiger partial charge in [0.2, 0.25) is 0 Å². The zero-order valence-electron chi connectivity index (χ0n) is 17.3. The van der Waals surface area contributed by atoms with Crippen molar-refractivity contribution in [3.8, 4) is 11.5 Å². The summed E-state index contributed by atoms with van der Waals surface area (Å²) in [6, 6.07) is 9.44. The predicted octanol–water partition coefficient (Wildman–Crippen LogP) is 6.52. The molecule has 3 rings (SSSR count). The van der Waals surface area contributed by atoms with Crippen LogP contribution in [-0.2, 0) is 12.7 Å². The summed E-state index contributed by atoms with van der Waals surface area (Å²) in [7, 11) is 3.17. The first-order chi connectivity index (χ1) is 14.7. The Morgan fingerprint density at radius 3 is 2.45 bits per heavy atom. The van der Waals surface area contributed by atoms with Gasteiger partial charge >= 0.3 is 6.18 Å². The van der Waals surface area contributed by atoms with Crippen molar-refractivity contribution in [1.29, 1.82) is 0 Å². The van der Waals surface area contributed by atoms with Gasteiger partial charge in [0.15, 0.2) is 5.11 Å². The highest BCUT2D eigenvalue weighted by Crippen LogP contribution is 2.36. The first-order valence-electron chi connectivity index (χ1n) is 9.88. The van der Waals surface area contributed by atoms with Gasteiger partial charge in [-0.1, -0.05) is 24.4 Å². The minimum atomic E-state index is -4.54. The Hall–Kier alpha value is -2.19.